The van der Waals surface area contributed by atoms with Crippen LogP contribution in [0, 0.1) is 11.6 Å². The molecule has 6 heterocycles. The van der Waals surface area contributed by atoms with E-state index in [0.29, 0.717) is 46.6 Å². The summed E-state index contributed by atoms with van der Waals surface area (Å²) in [6.45, 7) is 0. The Hall–Kier alpha value is -4.79. The third kappa shape index (κ3) is 4.50. The maximum atomic E-state index is 13.8. The molecule has 3 N–H and O–H groups in total. The highest BCUT2D eigenvalue weighted by atomic mass is 32.2. The predicted octanol–water partition coefficient (Wildman–Crippen LogP) is 3.39. The van der Waals surface area contributed by atoms with Crippen molar-refractivity contribution in [1.82, 2.24) is 39.7 Å². The zero-order valence-electron chi connectivity index (χ0n) is 22.8. The first-order valence-corrected chi connectivity index (χ1v) is 15.5. The molecule has 0 saturated carbocycles. The van der Waals surface area contributed by atoms with Gasteiger partial charge in [0.15, 0.2) is 27.1 Å². The smallest absolute Gasteiger partial charge is 0.292 e. The number of pyridine rings is 1. The molecule has 4 aromatic heterocycles. The van der Waals surface area contributed by atoms with E-state index in [-0.39, 0.29) is 40.4 Å². The van der Waals surface area contributed by atoms with Crippen LogP contribution >= 0.6 is 0 Å². The summed E-state index contributed by atoms with van der Waals surface area (Å²) in [7, 11) is -3.80. The number of hydrogen-bond acceptors (Lipinski definition) is 9. The molecule has 7 rings (SSSR count). The fourth-order valence-corrected chi connectivity index (χ4v) is 7.48. The normalized spacial score (nSPS) is 20.2. The van der Waals surface area contributed by atoms with Crippen molar-refractivity contribution in [2.45, 2.75) is 48.6 Å². The minimum absolute atomic E-state index is 0.0485. The number of nitrogens with zero attached hydrogens (tertiary/aromatic N) is 7. The van der Waals surface area contributed by atoms with E-state index in [1.807, 2.05) is 4.90 Å². The fraction of sp³-hybridized carbons (Fsp3) is 0.286. The second kappa shape index (κ2) is 9.90. The first-order valence-electron chi connectivity index (χ1n) is 13.6. The molecular weight excluding hydrogens is 580 g/mol. The van der Waals surface area contributed by atoms with Gasteiger partial charge in [0.2, 0.25) is 5.82 Å². The number of halogens is 2. The van der Waals surface area contributed by atoms with Crippen molar-refractivity contribution in [2.24, 2.45) is 0 Å². The van der Waals surface area contributed by atoms with Gasteiger partial charge < -0.3 is 15.6 Å². The lowest BCUT2D eigenvalue weighted by atomic mass is 9.87. The largest absolute Gasteiger partial charge is 0.382 e. The number of benzene rings is 1. The molecule has 2 aliphatic rings. The molecule has 3 atom stereocenters. The molecule has 0 unspecified atom stereocenters. The van der Waals surface area contributed by atoms with Gasteiger partial charge in [-0.15, -0.1) is 10.2 Å². The van der Waals surface area contributed by atoms with Crippen LogP contribution < -0.4 is 5.73 Å². The predicted molar refractivity (Wildman–Crippen MR) is 150 cm³/mol. The summed E-state index contributed by atoms with van der Waals surface area (Å²) in [5.41, 5.74) is 9.22. The van der Waals surface area contributed by atoms with E-state index in [1.54, 1.807) is 18.3 Å². The number of aromatic amines is 1. The topological polar surface area (TPSA) is 165 Å². The fourth-order valence-electron chi connectivity index (χ4n) is 6.42. The molecule has 43 heavy (non-hydrogen) atoms. The monoisotopic (exact) mass is 605 g/mol. The van der Waals surface area contributed by atoms with Gasteiger partial charge in [0.05, 0.1) is 17.6 Å². The summed E-state index contributed by atoms with van der Waals surface area (Å²) in [6, 6.07) is 6.73. The molecule has 5 aromatic rings. The minimum Gasteiger partial charge on any atom is -0.382 e. The van der Waals surface area contributed by atoms with Crippen molar-refractivity contribution in [1.29, 1.82) is 0 Å². The second-order valence-corrected chi connectivity index (χ2v) is 12.9. The Labute approximate surface area is 243 Å². The average Bonchev–Trinajstić information content (AvgIpc) is 3.72. The molecule has 12 nitrogen and oxygen atoms in total. The van der Waals surface area contributed by atoms with Crippen LogP contribution in [0.25, 0.3) is 28.0 Å². The molecule has 2 fully saturated rings. The number of nitrogens with one attached hydrogen (secondary N) is 1. The van der Waals surface area contributed by atoms with E-state index in [1.165, 1.54) is 23.1 Å². The highest BCUT2D eigenvalue weighted by molar-refractivity contribution is 7.91. The number of carbonyl (C=O) groups excluding carboxylic acids is 1. The summed E-state index contributed by atoms with van der Waals surface area (Å²) < 4.78 is 54.6. The van der Waals surface area contributed by atoms with Crippen molar-refractivity contribution in [3.63, 3.8) is 0 Å². The molecule has 0 spiro atoms. The van der Waals surface area contributed by atoms with Gasteiger partial charge in [0.1, 0.15) is 17.0 Å². The van der Waals surface area contributed by atoms with E-state index in [0.717, 1.165) is 31.2 Å². The quantitative estimate of drug-likeness (QED) is 0.305. The maximum Gasteiger partial charge on any atom is 0.292 e. The summed E-state index contributed by atoms with van der Waals surface area (Å²) in [5, 5.41) is 11.9. The molecule has 15 heteroatoms. The van der Waals surface area contributed by atoms with Crippen molar-refractivity contribution in [2.75, 3.05) is 12.0 Å². The van der Waals surface area contributed by atoms with Gasteiger partial charge in [-0.3, -0.25) is 9.78 Å². The first kappa shape index (κ1) is 27.1. The number of piperidine rings is 1. The van der Waals surface area contributed by atoms with Gasteiger partial charge in [-0.2, -0.15) is 9.61 Å². The lowest BCUT2D eigenvalue weighted by molar-refractivity contribution is 0.0556. The third-order valence-corrected chi connectivity index (χ3v) is 9.46. The van der Waals surface area contributed by atoms with Crippen LogP contribution in [0.4, 0.5) is 14.6 Å². The van der Waals surface area contributed by atoms with Crippen LogP contribution in [-0.4, -0.2) is 72.3 Å². The average molecular weight is 606 g/mol. The van der Waals surface area contributed by atoms with Gasteiger partial charge in [0, 0.05) is 47.1 Å². The number of nitrogen functional groups attached to an aromatic ring is 1. The Balaban J connectivity index is 1.27. The van der Waals surface area contributed by atoms with Crippen LogP contribution in [0.2, 0.25) is 0 Å². The zero-order valence-corrected chi connectivity index (χ0v) is 23.6. The number of nitrogens with two attached hydrogens (primary N) is 1. The highest BCUT2D eigenvalue weighted by Crippen LogP contribution is 2.45. The van der Waals surface area contributed by atoms with E-state index in [9.17, 15) is 22.0 Å². The van der Waals surface area contributed by atoms with E-state index < -0.39 is 21.5 Å². The van der Waals surface area contributed by atoms with Gasteiger partial charge >= 0.3 is 0 Å². The second-order valence-electron chi connectivity index (χ2n) is 10.9. The van der Waals surface area contributed by atoms with Crippen molar-refractivity contribution >= 4 is 27.2 Å². The number of anilines is 1. The standard InChI is InChI=1S/C28H25F2N9O3S/c1-43(41,42)24-23(16-8-17-4-5-18(9-16)38(17)28(40)26-33-13-34-37-26)36-27-19(12-35-39(27)25(24)31)15-3-7-22(32-11-15)14-2-6-20(29)21(30)10-14/h2-3,6-7,10-13,16-18H,4-5,8-9,31H2,1H3,(H,33,34,37)/t16-,17+,18-. The van der Waals surface area contributed by atoms with Crippen LogP contribution in [-0.2, 0) is 9.84 Å². The van der Waals surface area contributed by atoms with Gasteiger partial charge in [-0.05, 0) is 49.9 Å². The Morgan fingerprint density at radius 2 is 1.79 bits per heavy atom. The van der Waals surface area contributed by atoms with Gasteiger partial charge in [0.25, 0.3) is 5.91 Å². The van der Waals surface area contributed by atoms with Crippen LogP contribution in [0.1, 0.15) is 47.9 Å². The Bertz CT molecular complexity index is 1980. The molecule has 2 aliphatic heterocycles. The molecule has 0 radical (unpaired) electrons. The van der Waals surface area contributed by atoms with Gasteiger partial charge in [-0.1, -0.05) is 6.07 Å². The summed E-state index contributed by atoms with van der Waals surface area (Å²) >= 11 is 0. The molecule has 220 valence electrons. The molecule has 2 saturated heterocycles. The lowest BCUT2D eigenvalue weighted by Gasteiger charge is -2.38. The Morgan fingerprint density at radius 3 is 2.42 bits per heavy atom. The van der Waals surface area contributed by atoms with Gasteiger partial charge in [-0.25, -0.2) is 22.2 Å². The molecule has 1 amide bonds. The first-order chi connectivity index (χ1) is 20.6. The number of hydrogen-bond donors (Lipinski definition) is 2. The lowest BCUT2D eigenvalue weighted by Crippen LogP contribution is -2.46. The summed E-state index contributed by atoms with van der Waals surface area (Å²) in [5.74, 6) is -2.30. The summed E-state index contributed by atoms with van der Waals surface area (Å²) in [4.78, 5) is 27.0. The van der Waals surface area contributed by atoms with Crippen molar-refractivity contribution in [3.8, 4) is 22.4 Å². The zero-order chi connectivity index (χ0) is 30.0. The number of sulfone groups is 1. The Kier molecular flexibility index (Phi) is 6.23. The molecule has 2 bridgehead atoms. The third-order valence-electron chi connectivity index (χ3n) is 8.30. The van der Waals surface area contributed by atoms with Crippen LogP contribution in [0.15, 0.2) is 53.9 Å². The SMILES string of the molecule is CS(=O)(=O)c1c([C@H]2C[C@H]3CC[C@@H](C2)N3C(=O)c2nnc[nH]2)nc2c(-c3ccc(-c4ccc(F)c(F)c4)nc3)cnn2c1N. The number of fused-ring (bicyclic) bond motifs is 3. The number of amides is 1. The van der Waals surface area contributed by atoms with E-state index >= 15 is 0 Å². The number of carbonyl (C=O) groups is 1. The van der Waals surface area contributed by atoms with Crippen molar-refractivity contribution in [3.05, 3.63) is 72.2 Å². The van der Waals surface area contributed by atoms with Crippen LogP contribution in [0.5, 0.6) is 0 Å². The highest BCUT2D eigenvalue weighted by Gasteiger charge is 2.46. The van der Waals surface area contributed by atoms with Crippen LogP contribution in [0.3, 0.4) is 0 Å². The molecular formula is C28H25F2N9O3S. The molecule has 0 aliphatic carbocycles. The Morgan fingerprint density at radius 1 is 1.05 bits per heavy atom. The molecule has 1 aromatic carbocycles. The van der Waals surface area contributed by atoms with E-state index in [2.05, 4.69) is 25.3 Å². The number of aromatic nitrogens is 7. The van der Waals surface area contributed by atoms with E-state index in [4.69, 9.17) is 10.7 Å². The minimum atomic E-state index is -3.80. The number of H-pyrrole nitrogens is 1. The summed E-state index contributed by atoms with van der Waals surface area (Å²) in [6.07, 6.45) is 8.12. The van der Waals surface area contributed by atoms with Crippen molar-refractivity contribution < 1.29 is 22.0 Å². The maximum absolute atomic E-state index is 13.8. The number of rotatable bonds is 5.